The number of halogens is 2. The highest BCUT2D eigenvalue weighted by Gasteiger charge is 2.19. The predicted molar refractivity (Wildman–Crippen MR) is 81.0 cm³/mol. The minimum Gasteiger partial charge on any atom is -0.355 e. The summed E-state index contributed by atoms with van der Waals surface area (Å²) in [5.74, 6) is 0.308. The molecule has 0 aromatic heterocycles. The van der Waals surface area contributed by atoms with E-state index in [4.69, 9.17) is 11.6 Å². The second kappa shape index (κ2) is 8.41. The summed E-state index contributed by atoms with van der Waals surface area (Å²) >= 11 is 5.91. The summed E-state index contributed by atoms with van der Waals surface area (Å²) in [5, 5.41) is 7.00. The average molecular weight is 303 g/mol. The van der Waals surface area contributed by atoms with E-state index in [1.807, 2.05) is 24.3 Å². The smallest absolute Gasteiger partial charge is 0.224 e. The van der Waals surface area contributed by atoms with E-state index >= 15 is 0 Å². The fourth-order valence-corrected chi connectivity index (χ4v) is 2.46. The number of amides is 1. The largest absolute Gasteiger partial charge is 0.355 e. The molecule has 1 aliphatic rings. The third-order valence-electron chi connectivity index (χ3n) is 3.27. The van der Waals surface area contributed by atoms with Crippen LogP contribution in [-0.4, -0.2) is 25.5 Å². The Morgan fingerprint density at radius 2 is 2.32 bits per heavy atom. The Balaban J connectivity index is 0.00000180. The van der Waals surface area contributed by atoms with Crippen molar-refractivity contribution < 1.29 is 4.79 Å². The van der Waals surface area contributed by atoms with Gasteiger partial charge in [-0.2, -0.15) is 0 Å². The molecule has 1 amide bonds. The van der Waals surface area contributed by atoms with Crippen LogP contribution in [-0.2, 0) is 11.2 Å². The summed E-state index contributed by atoms with van der Waals surface area (Å²) in [6.45, 7) is 2.52. The lowest BCUT2D eigenvalue weighted by Crippen LogP contribution is -2.41. The number of carbonyl (C=O) groups is 1. The number of hydrogen-bond acceptors (Lipinski definition) is 2. The Labute approximate surface area is 125 Å². The second-order valence-electron chi connectivity index (χ2n) is 4.71. The highest BCUT2D eigenvalue weighted by molar-refractivity contribution is 6.30. The van der Waals surface area contributed by atoms with Gasteiger partial charge in [0.2, 0.25) is 5.91 Å². The molecule has 0 radical (unpaired) electrons. The van der Waals surface area contributed by atoms with Gasteiger partial charge in [0.15, 0.2) is 0 Å². The van der Waals surface area contributed by atoms with E-state index in [0.29, 0.717) is 6.54 Å². The van der Waals surface area contributed by atoms with Gasteiger partial charge in [-0.25, -0.2) is 0 Å². The number of piperidine rings is 1. The Hall–Kier alpha value is -0.770. The van der Waals surface area contributed by atoms with Gasteiger partial charge >= 0.3 is 0 Å². The van der Waals surface area contributed by atoms with Crippen molar-refractivity contribution in [3.63, 3.8) is 0 Å². The van der Waals surface area contributed by atoms with Crippen LogP contribution in [0.15, 0.2) is 24.3 Å². The molecule has 106 valence electrons. The molecule has 2 N–H and O–H groups in total. The fraction of sp³-hybridized carbons (Fsp3) is 0.500. The Morgan fingerprint density at radius 1 is 1.47 bits per heavy atom. The Morgan fingerprint density at radius 3 is 3.00 bits per heavy atom. The first-order valence-corrected chi connectivity index (χ1v) is 6.86. The lowest BCUT2D eigenvalue weighted by atomic mass is 9.99. The predicted octanol–water partition coefficient (Wildman–Crippen LogP) is 2.42. The van der Waals surface area contributed by atoms with Crippen LogP contribution in [0.3, 0.4) is 0 Å². The van der Waals surface area contributed by atoms with E-state index < -0.39 is 0 Å². The van der Waals surface area contributed by atoms with Crippen molar-refractivity contribution in [3.05, 3.63) is 34.9 Å². The Kier molecular flexibility index (Phi) is 7.21. The van der Waals surface area contributed by atoms with Gasteiger partial charge in [0.05, 0.1) is 5.92 Å². The van der Waals surface area contributed by atoms with Gasteiger partial charge in [-0.3, -0.25) is 4.79 Å². The zero-order valence-electron chi connectivity index (χ0n) is 10.8. The molecular weight excluding hydrogens is 283 g/mol. The van der Waals surface area contributed by atoms with Gasteiger partial charge < -0.3 is 10.6 Å². The summed E-state index contributed by atoms with van der Waals surface area (Å²) in [5.41, 5.74) is 1.16. The number of hydrogen-bond donors (Lipinski definition) is 2. The lowest BCUT2D eigenvalue weighted by molar-refractivity contribution is -0.125. The van der Waals surface area contributed by atoms with E-state index in [1.54, 1.807) is 0 Å². The van der Waals surface area contributed by atoms with Crippen LogP contribution < -0.4 is 10.6 Å². The molecule has 19 heavy (non-hydrogen) atoms. The quantitative estimate of drug-likeness (QED) is 0.897. The van der Waals surface area contributed by atoms with Gasteiger partial charge in [-0.15, -0.1) is 12.4 Å². The van der Waals surface area contributed by atoms with Crippen LogP contribution in [0.25, 0.3) is 0 Å². The molecule has 1 aliphatic heterocycles. The van der Waals surface area contributed by atoms with Gasteiger partial charge in [0.1, 0.15) is 0 Å². The Bertz CT molecular complexity index is 406. The third kappa shape index (κ3) is 5.39. The molecule has 1 fully saturated rings. The first-order valence-electron chi connectivity index (χ1n) is 6.48. The average Bonchev–Trinajstić information content (AvgIpc) is 2.40. The maximum absolute atomic E-state index is 11.9. The van der Waals surface area contributed by atoms with E-state index in [1.165, 1.54) is 0 Å². The number of carbonyl (C=O) groups excluding carboxylic acids is 1. The zero-order valence-corrected chi connectivity index (χ0v) is 12.4. The van der Waals surface area contributed by atoms with Gasteiger partial charge in [0.25, 0.3) is 0 Å². The third-order valence-corrected chi connectivity index (χ3v) is 3.50. The highest BCUT2D eigenvalue weighted by atomic mass is 35.5. The maximum Gasteiger partial charge on any atom is 0.224 e. The maximum atomic E-state index is 11.9. The van der Waals surface area contributed by atoms with Crippen molar-refractivity contribution in [3.8, 4) is 0 Å². The van der Waals surface area contributed by atoms with Gasteiger partial charge in [-0.1, -0.05) is 23.7 Å². The molecule has 1 heterocycles. The molecule has 5 heteroatoms. The van der Waals surface area contributed by atoms with Crippen LogP contribution in [0.1, 0.15) is 18.4 Å². The first-order chi connectivity index (χ1) is 8.75. The summed E-state index contributed by atoms with van der Waals surface area (Å²) < 4.78 is 0. The molecular formula is C14H20Cl2N2O. The molecule has 0 aliphatic carbocycles. The molecule has 1 aromatic carbocycles. The fourth-order valence-electron chi connectivity index (χ4n) is 2.24. The van der Waals surface area contributed by atoms with E-state index in [-0.39, 0.29) is 24.2 Å². The number of rotatable bonds is 4. The summed E-state index contributed by atoms with van der Waals surface area (Å²) in [6, 6.07) is 7.76. The first kappa shape index (κ1) is 16.3. The molecule has 0 saturated carbocycles. The van der Waals surface area contributed by atoms with Crippen molar-refractivity contribution in [2.45, 2.75) is 19.3 Å². The zero-order chi connectivity index (χ0) is 12.8. The van der Waals surface area contributed by atoms with Crippen molar-refractivity contribution in [1.29, 1.82) is 0 Å². The van der Waals surface area contributed by atoms with Crippen molar-refractivity contribution in [2.24, 2.45) is 5.92 Å². The van der Waals surface area contributed by atoms with Crippen LogP contribution >= 0.6 is 24.0 Å². The second-order valence-corrected chi connectivity index (χ2v) is 5.15. The standard InChI is InChI=1S/C14H19ClN2O.ClH/c15-13-5-1-3-11(9-13)6-8-17-14(18)12-4-2-7-16-10-12;/h1,3,5,9,12,16H,2,4,6-8,10H2,(H,17,18);1H. The summed E-state index contributed by atoms with van der Waals surface area (Å²) in [7, 11) is 0. The van der Waals surface area contributed by atoms with E-state index in [0.717, 1.165) is 42.9 Å². The van der Waals surface area contributed by atoms with Crippen LogP contribution in [0.2, 0.25) is 5.02 Å². The van der Waals surface area contributed by atoms with Gasteiger partial charge in [-0.05, 0) is 43.5 Å². The summed E-state index contributed by atoms with van der Waals surface area (Å²) in [6.07, 6.45) is 2.91. The number of nitrogens with one attached hydrogen (secondary N) is 2. The monoisotopic (exact) mass is 302 g/mol. The van der Waals surface area contributed by atoms with E-state index in [2.05, 4.69) is 10.6 Å². The minimum atomic E-state index is 0. The molecule has 1 aromatic rings. The SMILES string of the molecule is Cl.O=C(NCCc1cccc(Cl)c1)C1CCCNC1. The van der Waals surface area contributed by atoms with Crippen LogP contribution in [0.5, 0.6) is 0 Å². The van der Waals surface area contributed by atoms with Crippen LogP contribution in [0.4, 0.5) is 0 Å². The topological polar surface area (TPSA) is 41.1 Å². The molecule has 2 rings (SSSR count). The molecule has 1 atom stereocenters. The van der Waals surface area contributed by atoms with Crippen molar-refractivity contribution in [1.82, 2.24) is 10.6 Å². The molecule has 0 spiro atoms. The van der Waals surface area contributed by atoms with E-state index in [9.17, 15) is 4.79 Å². The summed E-state index contributed by atoms with van der Waals surface area (Å²) in [4.78, 5) is 11.9. The number of benzene rings is 1. The van der Waals surface area contributed by atoms with Crippen molar-refractivity contribution in [2.75, 3.05) is 19.6 Å². The highest BCUT2D eigenvalue weighted by Crippen LogP contribution is 2.11. The van der Waals surface area contributed by atoms with Crippen LogP contribution in [0, 0.1) is 5.92 Å². The minimum absolute atomic E-state index is 0. The van der Waals surface area contributed by atoms with Crippen molar-refractivity contribution >= 4 is 29.9 Å². The van der Waals surface area contributed by atoms with Gasteiger partial charge in [0, 0.05) is 18.1 Å². The molecule has 1 saturated heterocycles. The normalized spacial score (nSPS) is 18.5. The molecule has 1 unspecified atom stereocenters. The molecule has 3 nitrogen and oxygen atoms in total. The molecule has 0 bridgehead atoms. The lowest BCUT2D eigenvalue weighted by Gasteiger charge is -2.21.